The van der Waals surface area contributed by atoms with Crippen LogP contribution in [0.1, 0.15) is 20.8 Å². The van der Waals surface area contributed by atoms with Crippen LogP contribution in [-0.4, -0.2) is 91.0 Å². The lowest BCUT2D eigenvalue weighted by Crippen LogP contribution is -2.31. The van der Waals surface area contributed by atoms with E-state index in [4.69, 9.17) is 23.7 Å². The van der Waals surface area contributed by atoms with Gasteiger partial charge in [-0.1, -0.05) is 13.8 Å². The molecule has 0 aromatic heterocycles. The van der Waals surface area contributed by atoms with Gasteiger partial charge in [-0.2, -0.15) is 0 Å². The number of hydrogen-bond donors (Lipinski definition) is 2. The first kappa shape index (κ1) is 25.7. The van der Waals surface area contributed by atoms with E-state index in [0.717, 1.165) is 0 Å². The van der Waals surface area contributed by atoms with E-state index >= 15 is 0 Å². The molecule has 0 aromatic rings. The maximum absolute atomic E-state index is 11.4. The van der Waals surface area contributed by atoms with Crippen molar-refractivity contribution in [2.24, 2.45) is 5.92 Å². The summed E-state index contributed by atoms with van der Waals surface area (Å²) in [7, 11) is 0. The van der Waals surface area contributed by atoms with Crippen molar-refractivity contribution in [2.75, 3.05) is 79.2 Å². The van der Waals surface area contributed by atoms with Crippen LogP contribution in [-0.2, 0) is 33.3 Å². The molecule has 0 aromatic carbocycles. The van der Waals surface area contributed by atoms with Crippen LogP contribution in [0.4, 0.5) is 0 Å². The summed E-state index contributed by atoms with van der Waals surface area (Å²) in [6.07, 6.45) is 0. The highest BCUT2D eigenvalue weighted by Gasteiger charge is 2.02. The molecule has 0 saturated heterocycles. The van der Waals surface area contributed by atoms with Gasteiger partial charge in [0.25, 0.3) is 0 Å². The maximum atomic E-state index is 11.4. The SMILES string of the molecule is CC(=O)NCCOCCOCCOCCOCCOCC(=O)NCC(C)C. The Hall–Kier alpha value is -1.26. The molecule has 0 aliphatic heterocycles. The van der Waals surface area contributed by atoms with Crippen molar-refractivity contribution in [1.82, 2.24) is 10.6 Å². The quantitative estimate of drug-likeness (QED) is 0.298. The fourth-order valence-electron chi connectivity index (χ4n) is 1.71. The highest BCUT2D eigenvalue weighted by atomic mass is 16.6. The van der Waals surface area contributed by atoms with E-state index in [0.29, 0.717) is 78.5 Å². The lowest BCUT2D eigenvalue weighted by atomic mass is 10.2. The lowest BCUT2D eigenvalue weighted by Gasteiger charge is -2.09. The van der Waals surface area contributed by atoms with Crippen LogP contribution in [0.15, 0.2) is 0 Å². The van der Waals surface area contributed by atoms with Gasteiger partial charge >= 0.3 is 0 Å². The summed E-state index contributed by atoms with van der Waals surface area (Å²) in [6, 6.07) is 0. The highest BCUT2D eigenvalue weighted by Crippen LogP contribution is 1.87. The Balaban J connectivity index is 3.11. The van der Waals surface area contributed by atoms with Crippen molar-refractivity contribution in [3.63, 3.8) is 0 Å². The fraction of sp³-hybridized carbons (Fsp3) is 0.889. The molecule has 0 aliphatic carbocycles. The number of nitrogens with one attached hydrogen (secondary N) is 2. The van der Waals surface area contributed by atoms with Crippen molar-refractivity contribution >= 4 is 11.8 Å². The summed E-state index contributed by atoms with van der Waals surface area (Å²) in [6.45, 7) is 10.9. The zero-order valence-electron chi connectivity index (χ0n) is 16.9. The van der Waals surface area contributed by atoms with Gasteiger partial charge < -0.3 is 34.3 Å². The molecule has 0 saturated carbocycles. The third-order valence-corrected chi connectivity index (χ3v) is 3.05. The standard InChI is InChI=1S/C18H36N2O7/c1-16(2)14-20-18(22)15-27-13-12-26-11-10-25-9-8-24-7-6-23-5-4-19-17(3)21/h16H,4-15H2,1-3H3,(H,19,21)(H,20,22). The average Bonchev–Trinajstić information content (AvgIpc) is 2.62. The molecule has 0 unspecified atom stereocenters. The van der Waals surface area contributed by atoms with Gasteiger partial charge in [0.05, 0.1) is 59.5 Å². The predicted molar refractivity (Wildman–Crippen MR) is 101 cm³/mol. The smallest absolute Gasteiger partial charge is 0.246 e. The number of ether oxygens (including phenoxy) is 5. The van der Waals surface area contributed by atoms with Gasteiger partial charge in [0, 0.05) is 20.0 Å². The molecule has 9 nitrogen and oxygen atoms in total. The lowest BCUT2D eigenvalue weighted by molar-refractivity contribution is -0.126. The van der Waals surface area contributed by atoms with Gasteiger partial charge in [-0.15, -0.1) is 0 Å². The fourth-order valence-corrected chi connectivity index (χ4v) is 1.71. The molecular formula is C18H36N2O7. The molecule has 0 aliphatic rings. The Morgan fingerprint density at radius 1 is 0.704 bits per heavy atom. The number of carbonyl (C=O) groups is 2. The zero-order chi connectivity index (χ0) is 20.2. The van der Waals surface area contributed by atoms with Gasteiger partial charge in [-0.25, -0.2) is 0 Å². The Kier molecular flexibility index (Phi) is 18.6. The monoisotopic (exact) mass is 392 g/mol. The summed E-state index contributed by atoms with van der Waals surface area (Å²) in [4.78, 5) is 22.0. The Bertz CT molecular complexity index is 368. The molecule has 0 rings (SSSR count). The number of amides is 2. The topological polar surface area (TPSA) is 104 Å². The summed E-state index contributed by atoms with van der Waals surface area (Å²) >= 11 is 0. The van der Waals surface area contributed by atoms with Crippen molar-refractivity contribution in [1.29, 1.82) is 0 Å². The third kappa shape index (κ3) is 22.7. The van der Waals surface area contributed by atoms with Gasteiger partial charge in [-0.05, 0) is 5.92 Å². The maximum Gasteiger partial charge on any atom is 0.246 e. The minimum Gasteiger partial charge on any atom is -0.377 e. The summed E-state index contributed by atoms with van der Waals surface area (Å²) in [5.41, 5.74) is 0. The van der Waals surface area contributed by atoms with E-state index in [1.807, 2.05) is 13.8 Å². The van der Waals surface area contributed by atoms with Crippen LogP contribution >= 0.6 is 0 Å². The summed E-state index contributed by atoms with van der Waals surface area (Å²) < 4.78 is 26.5. The van der Waals surface area contributed by atoms with Crippen LogP contribution in [0.2, 0.25) is 0 Å². The van der Waals surface area contributed by atoms with Crippen molar-refractivity contribution in [3.05, 3.63) is 0 Å². The largest absolute Gasteiger partial charge is 0.377 e. The van der Waals surface area contributed by atoms with Crippen molar-refractivity contribution < 1.29 is 33.3 Å². The summed E-state index contributed by atoms with van der Waals surface area (Å²) in [5.74, 6) is 0.260. The van der Waals surface area contributed by atoms with Gasteiger partial charge in [-0.3, -0.25) is 9.59 Å². The molecule has 0 bridgehead atoms. The third-order valence-electron chi connectivity index (χ3n) is 3.05. The second-order valence-corrected chi connectivity index (χ2v) is 6.18. The highest BCUT2D eigenvalue weighted by molar-refractivity contribution is 5.77. The van der Waals surface area contributed by atoms with E-state index < -0.39 is 0 Å². The second kappa shape index (κ2) is 19.5. The molecule has 0 fully saturated rings. The number of hydrogen-bond acceptors (Lipinski definition) is 7. The Labute approximate surface area is 162 Å². The van der Waals surface area contributed by atoms with E-state index in [-0.39, 0.29) is 18.4 Å². The molecule has 0 radical (unpaired) electrons. The first-order chi connectivity index (χ1) is 13.0. The van der Waals surface area contributed by atoms with E-state index in [2.05, 4.69) is 10.6 Å². The molecule has 2 amide bonds. The predicted octanol–water partition coefficient (Wildman–Crippen LogP) is -0.0223. The average molecular weight is 392 g/mol. The first-order valence-corrected chi connectivity index (χ1v) is 9.42. The molecule has 160 valence electrons. The van der Waals surface area contributed by atoms with Crippen LogP contribution in [0.5, 0.6) is 0 Å². The van der Waals surface area contributed by atoms with Crippen LogP contribution in [0.25, 0.3) is 0 Å². The number of rotatable bonds is 19. The van der Waals surface area contributed by atoms with Gasteiger partial charge in [0.15, 0.2) is 0 Å². The minimum atomic E-state index is -0.106. The molecule has 27 heavy (non-hydrogen) atoms. The van der Waals surface area contributed by atoms with Crippen LogP contribution in [0.3, 0.4) is 0 Å². The molecule has 0 atom stereocenters. The molecule has 2 N–H and O–H groups in total. The Morgan fingerprint density at radius 3 is 1.59 bits per heavy atom. The van der Waals surface area contributed by atoms with E-state index in [9.17, 15) is 9.59 Å². The molecular weight excluding hydrogens is 356 g/mol. The van der Waals surface area contributed by atoms with Crippen LogP contribution in [0, 0.1) is 5.92 Å². The van der Waals surface area contributed by atoms with Crippen molar-refractivity contribution in [2.45, 2.75) is 20.8 Å². The van der Waals surface area contributed by atoms with Gasteiger partial charge in [0.1, 0.15) is 6.61 Å². The molecule has 0 spiro atoms. The normalized spacial score (nSPS) is 11.0. The van der Waals surface area contributed by atoms with E-state index in [1.54, 1.807) is 0 Å². The van der Waals surface area contributed by atoms with Crippen molar-refractivity contribution in [3.8, 4) is 0 Å². The Morgan fingerprint density at radius 2 is 1.15 bits per heavy atom. The van der Waals surface area contributed by atoms with Gasteiger partial charge in [0.2, 0.25) is 11.8 Å². The molecule has 9 heteroatoms. The van der Waals surface area contributed by atoms with E-state index in [1.165, 1.54) is 6.92 Å². The molecule has 0 heterocycles. The first-order valence-electron chi connectivity index (χ1n) is 9.42. The van der Waals surface area contributed by atoms with Crippen LogP contribution < -0.4 is 10.6 Å². The zero-order valence-corrected chi connectivity index (χ0v) is 16.9. The summed E-state index contributed by atoms with van der Waals surface area (Å²) in [5, 5.41) is 5.42. The minimum absolute atomic E-state index is 0.0564. The number of carbonyl (C=O) groups excluding carboxylic acids is 2. The second-order valence-electron chi connectivity index (χ2n) is 6.18.